The molecule has 110 valence electrons. The minimum absolute atomic E-state index is 0.108. The summed E-state index contributed by atoms with van der Waals surface area (Å²) in [7, 11) is 14.5. The lowest BCUT2D eigenvalue weighted by atomic mass is 10.1. The second-order valence-electron chi connectivity index (χ2n) is 3.31. The maximum Gasteiger partial charge on any atom is 0.112 e. The Morgan fingerprint density at radius 1 is 0.778 bits per heavy atom. The van der Waals surface area contributed by atoms with Crippen molar-refractivity contribution in [1.82, 2.24) is 0 Å². The van der Waals surface area contributed by atoms with Crippen molar-refractivity contribution in [3.8, 4) is 0 Å². The molecule has 0 aromatic rings. The SMILES string of the molecule is POCC(OP)C(OP)C(PP)C(COP)OP. The van der Waals surface area contributed by atoms with Crippen molar-refractivity contribution in [3.05, 3.63) is 0 Å². The topological polar surface area (TPSA) is 46.2 Å². The van der Waals surface area contributed by atoms with Gasteiger partial charge in [-0.2, -0.15) is 0 Å². The third kappa shape index (κ3) is 7.19. The Balaban J connectivity index is 4.81. The van der Waals surface area contributed by atoms with Crippen LogP contribution in [0, 0.1) is 0 Å². The molecule has 12 heteroatoms. The summed E-state index contributed by atoms with van der Waals surface area (Å²) in [4.78, 5) is 0. The maximum atomic E-state index is 5.47. The van der Waals surface area contributed by atoms with E-state index in [0.717, 1.165) is 0 Å². The lowest BCUT2D eigenvalue weighted by molar-refractivity contribution is 0.0221. The van der Waals surface area contributed by atoms with Crippen molar-refractivity contribution in [1.29, 1.82) is 0 Å². The molecule has 0 fully saturated rings. The van der Waals surface area contributed by atoms with E-state index < -0.39 is 0 Å². The molecule has 0 bridgehead atoms. The first-order chi connectivity index (χ1) is 8.69. The summed E-state index contributed by atoms with van der Waals surface area (Å²) in [5, 5.41) is 0. The molecule has 0 aromatic carbocycles. The van der Waals surface area contributed by atoms with E-state index in [1.165, 1.54) is 0 Å². The average molecular weight is 390 g/mol. The third-order valence-electron chi connectivity index (χ3n) is 2.34. The third-order valence-corrected chi connectivity index (χ3v) is 5.98. The van der Waals surface area contributed by atoms with Crippen LogP contribution in [0.5, 0.6) is 0 Å². The molecule has 0 spiro atoms. The van der Waals surface area contributed by atoms with E-state index in [1.807, 2.05) is 0 Å². The minimum atomic E-state index is -0.213. The van der Waals surface area contributed by atoms with Crippen LogP contribution in [0.1, 0.15) is 0 Å². The van der Waals surface area contributed by atoms with Gasteiger partial charge in [0.05, 0.1) is 25.4 Å². The highest BCUT2D eigenvalue weighted by atomic mass is 32.0. The molecule has 0 saturated heterocycles. The Labute approximate surface area is 124 Å². The van der Waals surface area contributed by atoms with Gasteiger partial charge in [-0.1, -0.05) is 8.27 Å². The van der Waals surface area contributed by atoms with Crippen LogP contribution < -0.4 is 0 Å². The standard InChI is InChI=1S/C6H21O5P7/c12-7-1-3(9-14)5(11-16)6(18-17)4(10-15)2-8-13/h3-6,18H,1-2,12-17H2. The van der Waals surface area contributed by atoms with Crippen molar-refractivity contribution in [2.75, 3.05) is 13.2 Å². The normalized spacial score (nSPS) is 19.0. The van der Waals surface area contributed by atoms with E-state index in [9.17, 15) is 0 Å². The fourth-order valence-corrected chi connectivity index (χ4v) is 5.05. The molecule has 11 unspecified atom stereocenters. The molecule has 0 heterocycles. The molecule has 0 aliphatic heterocycles. The van der Waals surface area contributed by atoms with Crippen molar-refractivity contribution in [2.45, 2.75) is 24.0 Å². The molecule has 0 saturated carbocycles. The lowest BCUT2D eigenvalue weighted by Gasteiger charge is -2.34. The molecular weight excluding hydrogens is 369 g/mol. The Hall–Kier alpha value is 2.81. The zero-order valence-corrected chi connectivity index (χ0v) is 17.7. The second-order valence-corrected chi connectivity index (χ2v) is 6.79. The van der Waals surface area contributed by atoms with Crippen molar-refractivity contribution >= 4 is 64.5 Å². The zero-order valence-electron chi connectivity index (χ0n) is 9.73. The Morgan fingerprint density at radius 3 is 1.61 bits per heavy atom. The monoisotopic (exact) mass is 390 g/mol. The summed E-state index contributed by atoms with van der Waals surface area (Å²) >= 11 is 0. The molecule has 18 heavy (non-hydrogen) atoms. The minimum Gasteiger partial charge on any atom is -0.363 e. The maximum absolute atomic E-state index is 5.47. The molecule has 0 amide bonds. The predicted molar refractivity (Wildman–Crippen MR) is 96.9 cm³/mol. The number of rotatable bonds is 11. The summed E-state index contributed by atoms with van der Waals surface area (Å²) in [6.45, 7) is 0.861. The number of hydrogen-bond acceptors (Lipinski definition) is 5. The first kappa shape index (κ1) is 20.8. The van der Waals surface area contributed by atoms with Crippen LogP contribution in [-0.2, 0) is 22.6 Å². The average Bonchev–Trinajstić information content (AvgIpc) is 2.40. The van der Waals surface area contributed by atoms with Gasteiger partial charge < -0.3 is 22.6 Å². The summed E-state index contributed by atoms with van der Waals surface area (Å²) in [5.74, 6) is 0. The van der Waals surface area contributed by atoms with Crippen molar-refractivity contribution in [3.63, 3.8) is 0 Å². The van der Waals surface area contributed by atoms with Gasteiger partial charge in [0.1, 0.15) is 6.10 Å². The molecule has 5 nitrogen and oxygen atoms in total. The first-order valence-corrected chi connectivity index (χ1v) is 10.1. The highest BCUT2D eigenvalue weighted by Gasteiger charge is 2.35. The Kier molecular flexibility index (Phi) is 15.6. The van der Waals surface area contributed by atoms with Gasteiger partial charge in [-0.25, -0.2) is 0 Å². The van der Waals surface area contributed by atoms with E-state index in [4.69, 9.17) is 22.6 Å². The quantitative estimate of drug-likeness (QED) is 0.505. The second kappa shape index (κ2) is 13.5. The molecular formula is C6H21O5P7. The number of hydrogen-bond donors (Lipinski definition) is 0. The summed E-state index contributed by atoms with van der Waals surface area (Å²) in [6, 6.07) is 0. The fraction of sp³-hybridized carbons (Fsp3) is 1.00. The van der Waals surface area contributed by atoms with Crippen LogP contribution in [0.4, 0.5) is 0 Å². The van der Waals surface area contributed by atoms with Crippen LogP contribution in [0.15, 0.2) is 0 Å². The van der Waals surface area contributed by atoms with Gasteiger partial charge in [-0.05, 0) is 0 Å². The zero-order chi connectivity index (χ0) is 14.0. The van der Waals surface area contributed by atoms with Crippen LogP contribution >= 0.6 is 64.5 Å². The Morgan fingerprint density at radius 2 is 1.28 bits per heavy atom. The largest absolute Gasteiger partial charge is 0.363 e. The summed E-state index contributed by atoms with van der Waals surface area (Å²) < 4.78 is 26.3. The van der Waals surface area contributed by atoms with Crippen LogP contribution in [-0.4, -0.2) is 37.2 Å². The first-order valence-electron chi connectivity index (χ1n) is 4.86. The highest BCUT2D eigenvalue weighted by molar-refractivity contribution is 8.03. The van der Waals surface area contributed by atoms with Gasteiger partial charge in [0.2, 0.25) is 0 Å². The van der Waals surface area contributed by atoms with E-state index in [1.54, 1.807) is 0 Å². The van der Waals surface area contributed by atoms with Gasteiger partial charge in [0, 0.05) is 53.0 Å². The van der Waals surface area contributed by atoms with Crippen LogP contribution in [0.25, 0.3) is 0 Å². The molecule has 0 aromatic heterocycles. The van der Waals surface area contributed by atoms with E-state index >= 15 is 0 Å². The van der Waals surface area contributed by atoms with Gasteiger partial charge >= 0.3 is 0 Å². The van der Waals surface area contributed by atoms with Gasteiger partial charge in [-0.3, -0.25) is 0 Å². The molecule has 0 aliphatic carbocycles. The van der Waals surface area contributed by atoms with Crippen LogP contribution in [0.2, 0.25) is 0 Å². The van der Waals surface area contributed by atoms with Crippen molar-refractivity contribution < 1.29 is 22.6 Å². The predicted octanol–water partition coefficient (Wildman–Crippen LogP) is 1.96. The van der Waals surface area contributed by atoms with Gasteiger partial charge in [0.15, 0.2) is 0 Å². The van der Waals surface area contributed by atoms with E-state index in [0.29, 0.717) is 21.5 Å². The van der Waals surface area contributed by atoms with Gasteiger partial charge in [0.25, 0.3) is 0 Å². The molecule has 0 N–H and O–H groups in total. The summed E-state index contributed by atoms with van der Waals surface area (Å²) in [5.41, 5.74) is 0.108. The van der Waals surface area contributed by atoms with E-state index in [-0.39, 0.29) is 24.0 Å². The fourth-order valence-electron chi connectivity index (χ4n) is 1.45. The molecule has 0 aliphatic rings. The lowest BCUT2D eigenvalue weighted by Crippen LogP contribution is -2.45. The van der Waals surface area contributed by atoms with Gasteiger partial charge in [-0.15, -0.1) is 8.93 Å². The van der Waals surface area contributed by atoms with E-state index in [2.05, 4.69) is 56.3 Å². The summed E-state index contributed by atoms with van der Waals surface area (Å²) in [6.07, 6.45) is -0.508. The molecule has 11 atom stereocenters. The Bertz CT molecular complexity index is 181. The van der Waals surface area contributed by atoms with Crippen molar-refractivity contribution in [2.24, 2.45) is 0 Å². The molecule has 0 radical (unpaired) electrons. The highest BCUT2D eigenvalue weighted by Crippen LogP contribution is 2.38. The molecule has 0 rings (SSSR count). The smallest absolute Gasteiger partial charge is 0.112 e. The van der Waals surface area contributed by atoms with Crippen LogP contribution in [0.3, 0.4) is 0 Å².